The Labute approximate surface area is 124 Å². The normalized spacial score (nSPS) is 10.3. The van der Waals surface area contributed by atoms with Crippen LogP contribution in [0, 0.1) is 5.82 Å². The lowest BCUT2D eigenvalue weighted by Gasteiger charge is -2.10. The van der Waals surface area contributed by atoms with Crippen molar-refractivity contribution in [2.24, 2.45) is 0 Å². The highest BCUT2D eigenvalue weighted by molar-refractivity contribution is 9.10. The van der Waals surface area contributed by atoms with Gasteiger partial charge in [0.05, 0.1) is 12.8 Å². The number of hydrogen-bond acceptors (Lipinski definition) is 3. The van der Waals surface area contributed by atoms with E-state index in [1.54, 1.807) is 24.3 Å². The fraction of sp³-hybridized carbons (Fsp3) is 0.133. The maximum absolute atomic E-state index is 13.0. The molecule has 0 saturated carbocycles. The third kappa shape index (κ3) is 2.99. The number of methoxy groups -OCH3 is 1. The van der Waals surface area contributed by atoms with Gasteiger partial charge in [0.15, 0.2) is 5.78 Å². The summed E-state index contributed by atoms with van der Waals surface area (Å²) >= 11 is 3.25. The minimum Gasteiger partial charge on any atom is -0.495 e. The van der Waals surface area contributed by atoms with Gasteiger partial charge < -0.3 is 10.5 Å². The second kappa shape index (κ2) is 6.05. The number of Topliss-reactive ketones (excluding diaryl/α,β-unsaturated/α-hetero) is 1. The van der Waals surface area contributed by atoms with Crippen LogP contribution in [0.3, 0.4) is 0 Å². The molecule has 2 N–H and O–H groups in total. The van der Waals surface area contributed by atoms with E-state index in [2.05, 4.69) is 15.9 Å². The maximum Gasteiger partial charge on any atom is 0.169 e. The second-order valence-corrected chi connectivity index (χ2v) is 5.11. The van der Waals surface area contributed by atoms with Gasteiger partial charge in [-0.25, -0.2) is 4.39 Å². The highest BCUT2D eigenvalue weighted by Crippen LogP contribution is 2.27. The molecule has 0 aliphatic heterocycles. The third-order valence-corrected chi connectivity index (χ3v) is 3.69. The maximum atomic E-state index is 13.0. The van der Waals surface area contributed by atoms with Crippen LogP contribution in [0.5, 0.6) is 5.75 Å². The third-order valence-electron chi connectivity index (χ3n) is 2.95. The summed E-state index contributed by atoms with van der Waals surface area (Å²) < 4.78 is 18.7. The second-order valence-electron chi connectivity index (χ2n) is 4.26. The number of nitrogen functional groups attached to an aromatic ring is 1. The molecule has 5 heteroatoms. The molecule has 0 amide bonds. The van der Waals surface area contributed by atoms with Crippen molar-refractivity contribution in [1.82, 2.24) is 0 Å². The van der Waals surface area contributed by atoms with Crippen LogP contribution in [0.15, 0.2) is 40.9 Å². The minimum atomic E-state index is -0.353. The van der Waals surface area contributed by atoms with Crippen molar-refractivity contribution in [2.75, 3.05) is 12.8 Å². The molecule has 2 aromatic rings. The van der Waals surface area contributed by atoms with Gasteiger partial charge >= 0.3 is 0 Å². The lowest BCUT2D eigenvalue weighted by atomic mass is 10.0. The number of halogens is 2. The Balaban J connectivity index is 2.28. The van der Waals surface area contributed by atoms with Crippen LogP contribution >= 0.6 is 15.9 Å². The summed E-state index contributed by atoms with van der Waals surface area (Å²) in [5.74, 6) is -0.0308. The van der Waals surface area contributed by atoms with Crippen LogP contribution in [0.25, 0.3) is 0 Å². The molecule has 0 atom stereocenters. The number of ether oxygens (including phenoxy) is 1. The zero-order valence-electron chi connectivity index (χ0n) is 10.8. The predicted octanol–water partition coefficient (Wildman–Crippen LogP) is 3.60. The van der Waals surface area contributed by atoms with Gasteiger partial charge in [0, 0.05) is 16.5 Å². The Morgan fingerprint density at radius 1 is 1.35 bits per heavy atom. The first-order chi connectivity index (χ1) is 9.52. The van der Waals surface area contributed by atoms with E-state index in [0.717, 1.165) is 0 Å². The van der Waals surface area contributed by atoms with Crippen molar-refractivity contribution in [2.45, 2.75) is 6.42 Å². The number of rotatable bonds is 4. The van der Waals surface area contributed by atoms with E-state index in [1.807, 2.05) is 0 Å². The average Bonchev–Trinajstić information content (AvgIpc) is 2.42. The number of carbonyl (C=O) groups excluding carboxylic acids is 1. The quantitative estimate of drug-likeness (QED) is 0.685. The van der Waals surface area contributed by atoms with E-state index in [0.29, 0.717) is 27.0 Å². The largest absolute Gasteiger partial charge is 0.495 e. The molecule has 0 aromatic heterocycles. The van der Waals surface area contributed by atoms with Gasteiger partial charge in [-0.15, -0.1) is 0 Å². The molecule has 0 aliphatic rings. The van der Waals surface area contributed by atoms with Gasteiger partial charge in [-0.1, -0.05) is 28.1 Å². The fourth-order valence-electron chi connectivity index (χ4n) is 1.90. The molecule has 104 valence electrons. The van der Waals surface area contributed by atoms with Gasteiger partial charge in [-0.3, -0.25) is 4.79 Å². The number of nitrogens with two attached hydrogens (primary N) is 1. The van der Waals surface area contributed by atoms with E-state index in [4.69, 9.17) is 10.5 Å². The standard InChI is InChI=1S/C15H13BrFNO2/c1-20-14-4-2-3-11(15(14)18)13(19)7-9-5-6-10(17)8-12(9)16/h2-6,8H,7,18H2,1H3. The molecular weight excluding hydrogens is 325 g/mol. The smallest absolute Gasteiger partial charge is 0.169 e. The first kappa shape index (κ1) is 14.5. The van der Waals surface area contributed by atoms with Crippen LogP contribution in [-0.4, -0.2) is 12.9 Å². The molecule has 0 bridgehead atoms. The molecule has 2 rings (SSSR count). The van der Waals surface area contributed by atoms with Gasteiger partial charge in [-0.05, 0) is 29.8 Å². The lowest BCUT2D eigenvalue weighted by Crippen LogP contribution is -2.08. The molecule has 2 aromatic carbocycles. The Morgan fingerprint density at radius 2 is 2.10 bits per heavy atom. The number of benzene rings is 2. The number of carbonyl (C=O) groups is 1. The van der Waals surface area contributed by atoms with Gasteiger partial charge in [0.2, 0.25) is 0 Å². The Bertz CT molecular complexity index is 658. The zero-order chi connectivity index (χ0) is 14.7. The molecule has 0 radical (unpaired) electrons. The van der Waals surface area contributed by atoms with Crippen molar-refractivity contribution in [3.63, 3.8) is 0 Å². The summed E-state index contributed by atoms with van der Waals surface area (Å²) in [5.41, 5.74) is 7.32. The van der Waals surface area contributed by atoms with Crippen LogP contribution in [0.4, 0.5) is 10.1 Å². The average molecular weight is 338 g/mol. The molecule has 3 nitrogen and oxygen atoms in total. The first-order valence-corrected chi connectivity index (χ1v) is 6.72. The van der Waals surface area contributed by atoms with Crippen LogP contribution in [-0.2, 0) is 6.42 Å². The summed E-state index contributed by atoms with van der Waals surface area (Å²) in [6.07, 6.45) is 0.137. The summed E-state index contributed by atoms with van der Waals surface area (Å²) in [4.78, 5) is 12.3. The SMILES string of the molecule is COc1cccc(C(=O)Cc2ccc(F)cc2Br)c1N. The van der Waals surface area contributed by atoms with Crippen molar-refractivity contribution in [3.05, 3.63) is 57.8 Å². The molecular formula is C15H13BrFNO2. The Morgan fingerprint density at radius 3 is 2.75 bits per heavy atom. The van der Waals surface area contributed by atoms with Gasteiger partial charge in [0.1, 0.15) is 11.6 Å². The number of anilines is 1. The molecule has 0 unspecified atom stereocenters. The van der Waals surface area contributed by atoms with E-state index in [-0.39, 0.29) is 18.0 Å². The molecule has 0 spiro atoms. The topological polar surface area (TPSA) is 52.3 Å². The van der Waals surface area contributed by atoms with Crippen molar-refractivity contribution < 1.29 is 13.9 Å². The van der Waals surface area contributed by atoms with E-state index >= 15 is 0 Å². The Kier molecular flexibility index (Phi) is 4.39. The molecule has 20 heavy (non-hydrogen) atoms. The molecule has 0 fully saturated rings. The monoisotopic (exact) mass is 337 g/mol. The van der Waals surface area contributed by atoms with Crippen molar-refractivity contribution in [1.29, 1.82) is 0 Å². The van der Waals surface area contributed by atoms with E-state index in [9.17, 15) is 9.18 Å². The summed E-state index contributed by atoms with van der Waals surface area (Å²) in [7, 11) is 1.50. The van der Waals surface area contributed by atoms with Crippen LogP contribution in [0.1, 0.15) is 15.9 Å². The van der Waals surface area contributed by atoms with Crippen LogP contribution < -0.4 is 10.5 Å². The predicted molar refractivity (Wildman–Crippen MR) is 79.5 cm³/mol. The van der Waals surface area contributed by atoms with Crippen molar-refractivity contribution in [3.8, 4) is 5.75 Å². The molecule has 0 saturated heterocycles. The lowest BCUT2D eigenvalue weighted by molar-refractivity contribution is 0.0993. The number of ketones is 1. The summed E-state index contributed by atoms with van der Waals surface area (Å²) in [6, 6.07) is 9.28. The van der Waals surface area contributed by atoms with E-state index in [1.165, 1.54) is 19.2 Å². The Hall–Kier alpha value is -1.88. The van der Waals surface area contributed by atoms with Gasteiger partial charge in [-0.2, -0.15) is 0 Å². The van der Waals surface area contributed by atoms with Crippen LogP contribution in [0.2, 0.25) is 0 Å². The minimum absolute atomic E-state index is 0.137. The molecule has 0 heterocycles. The van der Waals surface area contributed by atoms with Gasteiger partial charge in [0.25, 0.3) is 0 Å². The zero-order valence-corrected chi connectivity index (χ0v) is 12.4. The number of hydrogen-bond donors (Lipinski definition) is 1. The fourth-order valence-corrected chi connectivity index (χ4v) is 2.39. The highest BCUT2D eigenvalue weighted by Gasteiger charge is 2.15. The molecule has 0 aliphatic carbocycles. The highest BCUT2D eigenvalue weighted by atomic mass is 79.9. The van der Waals surface area contributed by atoms with E-state index < -0.39 is 0 Å². The number of para-hydroxylation sites is 1. The summed E-state index contributed by atoms with van der Waals surface area (Å²) in [5, 5.41) is 0. The first-order valence-electron chi connectivity index (χ1n) is 5.92. The summed E-state index contributed by atoms with van der Waals surface area (Å²) in [6.45, 7) is 0. The van der Waals surface area contributed by atoms with Crippen molar-refractivity contribution >= 4 is 27.4 Å².